The molecule has 0 atom stereocenters. The molecule has 4 heteroatoms. The highest BCUT2D eigenvalue weighted by molar-refractivity contribution is 5.81. The van der Waals surface area contributed by atoms with E-state index < -0.39 is 0 Å². The van der Waals surface area contributed by atoms with Gasteiger partial charge in [-0.3, -0.25) is 4.84 Å². The van der Waals surface area contributed by atoms with Gasteiger partial charge in [-0.25, -0.2) is 10.3 Å². The zero-order valence-corrected chi connectivity index (χ0v) is 7.83. The molecule has 0 aliphatic rings. The highest BCUT2D eigenvalue weighted by Crippen LogP contribution is 2.21. The van der Waals surface area contributed by atoms with Crippen LogP contribution in [-0.2, 0) is 18.5 Å². The molecule has 0 radical (unpaired) electrons. The van der Waals surface area contributed by atoms with Crippen LogP contribution in [0.5, 0.6) is 0 Å². The van der Waals surface area contributed by atoms with Crippen molar-refractivity contribution in [1.29, 1.82) is 0 Å². The molecule has 1 aromatic heterocycles. The van der Waals surface area contributed by atoms with E-state index in [9.17, 15) is 4.39 Å². The summed E-state index contributed by atoms with van der Waals surface area (Å²) in [7, 11) is 1.88. The van der Waals surface area contributed by atoms with Gasteiger partial charge in [0.25, 0.3) is 0 Å². The second-order valence-electron chi connectivity index (χ2n) is 3.21. The molecule has 0 spiro atoms. The van der Waals surface area contributed by atoms with Gasteiger partial charge in [0, 0.05) is 24.2 Å². The van der Waals surface area contributed by atoms with Crippen molar-refractivity contribution in [1.82, 2.24) is 4.57 Å². The molecule has 0 saturated heterocycles. The number of nitrogens with two attached hydrogens (primary N) is 1. The zero-order chi connectivity index (χ0) is 10.1. The minimum Gasteiger partial charge on any atom is -0.350 e. The van der Waals surface area contributed by atoms with Crippen LogP contribution in [0.4, 0.5) is 4.39 Å². The molecule has 1 heterocycles. The maximum Gasteiger partial charge on any atom is 0.138 e. The van der Waals surface area contributed by atoms with Crippen molar-refractivity contribution in [3.8, 4) is 0 Å². The summed E-state index contributed by atoms with van der Waals surface area (Å²) in [5.74, 6) is 4.65. The van der Waals surface area contributed by atoms with E-state index in [1.165, 1.54) is 0 Å². The number of fused-ring (bicyclic) bond motifs is 1. The second kappa shape index (κ2) is 3.40. The third kappa shape index (κ3) is 1.29. The van der Waals surface area contributed by atoms with Crippen LogP contribution in [0.25, 0.3) is 10.9 Å². The van der Waals surface area contributed by atoms with Crippen molar-refractivity contribution in [2.45, 2.75) is 6.61 Å². The molecule has 1 aromatic carbocycles. The number of aryl methyl sites for hydroxylation is 1. The van der Waals surface area contributed by atoms with Crippen molar-refractivity contribution < 1.29 is 9.23 Å². The first-order valence-electron chi connectivity index (χ1n) is 4.28. The van der Waals surface area contributed by atoms with Gasteiger partial charge in [-0.1, -0.05) is 6.07 Å². The Morgan fingerprint density at radius 1 is 1.43 bits per heavy atom. The Morgan fingerprint density at radius 3 is 2.93 bits per heavy atom. The average Bonchev–Trinajstić information content (AvgIpc) is 2.54. The SMILES string of the molecule is Cn1ccc2c(F)c(CON)ccc21. The monoisotopic (exact) mass is 194 g/mol. The number of hydrogen-bond donors (Lipinski definition) is 1. The van der Waals surface area contributed by atoms with Crippen LogP contribution in [-0.4, -0.2) is 4.57 Å². The maximum atomic E-state index is 13.7. The van der Waals surface area contributed by atoms with Crippen molar-refractivity contribution in [2.24, 2.45) is 12.9 Å². The van der Waals surface area contributed by atoms with Crippen molar-refractivity contribution in [3.63, 3.8) is 0 Å². The van der Waals surface area contributed by atoms with E-state index in [1.54, 1.807) is 12.1 Å². The first-order chi connectivity index (χ1) is 6.74. The van der Waals surface area contributed by atoms with Gasteiger partial charge < -0.3 is 4.57 Å². The van der Waals surface area contributed by atoms with E-state index >= 15 is 0 Å². The summed E-state index contributed by atoms with van der Waals surface area (Å²) >= 11 is 0. The summed E-state index contributed by atoms with van der Waals surface area (Å²) in [5, 5.41) is 0.599. The first kappa shape index (κ1) is 9.18. The molecule has 0 saturated carbocycles. The summed E-state index contributed by atoms with van der Waals surface area (Å²) in [5.41, 5.74) is 1.34. The van der Waals surface area contributed by atoms with Gasteiger partial charge in [-0.2, -0.15) is 0 Å². The van der Waals surface area contributed by atoms with Gasteiger partial charge in [-0.15, -0.1) is 0 Å². The molecule has 3 nitrogen and oxygen atoms in total. The Hall–Kier alpha value is -1.39. The number of nitrogens with zero attached hydrogens (tertiary/aromatic N) is 1. The highest BCUT2D eigenvalue weighted by atomic mass is 19.1. The van der Waals surface area contributed by atoms with Gasteiger partial charge in [-0.05, 0) is 12.1 Å². The van der Waals surface area contributed by atoms with E-state index in [2.05, 4.69) is 4.84 Å². The van der Waals surface area contributed by atoms with E-state index in [0.29, 0.717) is 10.9 Å². The predicted octanol–water partition coefficient (Wildman–Crippen LogP) is 1.71. The molecule has 2 rings (SSSR count). The van der Waals surface area contributed by atoms with E-state index in [1.807, 2.05) is 23.9 Å². The largest absolute Gasteiger partial charge is 0.350 e. The minimum absolute atomic E-state index is 0.0939. The smallest absolute Gasteiger partial charge is 0.138 e. The van der Waals surface area contributed by atoms with Crippen molar-refractivity contribution in [3.05, 3.63) is 35.8 Å². The van der Waals surface area contributed by atoms with Gasteiger partial charge >= 0.3 is 0 Å². The fraction of sp³-hybridized carbons (Fsp3) is 0.200. The molecule has 0 bridgehead atoms. The van der Waals surface area contributed by atoms with E-state index in [4.69, 9.17) is 5.90 Å². The molecule has 0 unspecified atom stereocenters. The lowest BCUT2D eigenvalue weighted by atomic mass is 10.1. The number of hydrogen-bond acceptors (Lipinski definition) is 2. The summed E-state index contributed by atoms with van der Waals surface area (Å²) < 4.78 is 15.6. The molecular formula is C10H11FN2O. The van der Waals surface area contributed by atoms with Crippen LogP contribution in [0.3, 0.4) is 0 Å². The molecule has 2 aromatic rings. The Morgan fingerprint density at radius 2 is 2.21 bits per heavy atom. The number of aromatic nitrogens is 1. The Bertz CT molecular complexity index is 464. The number of halogens is 1. The first-order valence-corrected chi connectivity index (χ1v) is 4.28. The number of rotatable bonds is 2. The quantitative estimate of drug-likeness (QED) is 0.739. The molecular weight excluding hydrogens is 183 g/mol. The minimum atomic E-state index is -0.256. The normalized spacial score (nSPS) is 11.1. The van der Waals surface area contributed by atoms with Crippen LogP contribution >= 0.6 is 0 Å². The van der Waals surface area contributed by atoms with Gasteiger partial charge in [0.1, 0.15) is 5.82 Å². The lowest BCUT2D eigenvalue weighted by molar-refractivity contribution is 0.122. The summed E-state index contributed by atoms with van der Waals surface area (Å²) in [6, 6.07) is 5.28. The van der Waals surface area contributed by atoms with Crippen LogP contribution < -0.4 is 5.90 Å². The van der Waals surface area contributed by atoms with Gasteiger partial charge in [0.2, 0.25) is 0 Å². The van der Waals surface area contributed by atoms with Crippen molar-refractivity contribution in [2.75, 3.05) is 0 Å². The van der Waals surface area contributed by atoms with Gasteiger partial charge in [0.15, 0.2) is 0 Å². The predicted molar refractivity (Wildman–Crippen MR) is 51.9 cm³/mol. The lowest BCUT2D eigenvalue weighted by Gasteiger charge is -2.03. The third-order valence-electron chi connectivity index (χ3n) is 2.32. The summed E-state index contributed by atoms with van der Waals surface area (Å²) in [4.78, 5) is 4.42. The Balaban J connectivity index is 2.63. The summed E-state index contributed by atoms with van der Waals surface area (Å²) in [6.07, 6.45) is 1.82. The van der Waals surface area contributed by atoms with Crippen LogP contribution in [0, 0.1) is 5.82 Å². The summed E-state index contributed by atoms with van der Waals surface area (Å²) in [6.45, 7) is 0.0939. The van der Waals surface area contributed by atoms with E-state index in [0.717, 1.165) is 5.52 Å². The fourth-order valence-electron chi connectivity index (χ4n) is 1.56. The highest BCUT2D eigenvalue weighted by Gasteiger charge is 2.08. The zero-order valence-electron chi connectivity index (χ0n) is 7.83. The Kier molecular flexibility index (Phi) is 2.23. The molecule has 14 heavy (non-hydrogen) atoms. The molecule has 0 aliphatic carbocycles. The van der Waals surface area contributed by atoms with Crippen LogP contribution in [0.1, 0.15) is 5.56 Å². The molecule has 74 valence electrons. The van der Waals surface area contributed by atoms with Crippen molar-refractivity contribution >= 4 is 10.9 Å². The molecule has 2 N–H and O–H groups in total. The molecule has 0 aliphatic heterocycles. The van der Waals surface area contributed by atoms with Crippen LogP contribution in [0.2, 0.25) is 0 Å². The maximum absolute atomic E-state index is 13.7. The van der Waals surface area contributed by atoms with Crippen LogP contribution in [0.15, 0.2) is 24.4 Å². The molecule has 0 fully saturated rings. The topological polar surface area (TPSA) is 40.2 Å². The van der Waals surface area contributed by atoms with Gasteiger partial charge in [0.05, 0.1) is 12.1 Å². The van der Waals surface area contributed by atoms with E-state index in [-0.39, 0.29) is 12.4 Å². The second-order valence-corrected chi connectivity index (χ2v) is 3.21. The standard InChI is InChI=1S/C10H11FN2O/c1-13-5-4-8-9(13)3-2-7(6-14-12)10(8)11/h2-5H,6,12H2,1H3. The molecule has 0 amide bonds. The fourth-order valence-corrected chi connectivity index (χ4v) is 1.56. The Labute approximate surface area is 80.8 Å². The lowest BCUT2D eigenvalue weighted by Crippen LogP contribution is -2.01. The average molecular weight is 194 g/mol. The number of benzene rings is 1. The third-order valence-corrected chi connectivity index (χ3v) is 2.32.